The van der Waals surface area contributed by atoms with Gasteiger partial charge >= 0.3 is 17.8 Å². The highest BCUT2D eigenvalue weighted by Gasteiger charge is 2.81. The van der Waals surface area contributed by atoms with Crippen molar-refractivity contribution in [2.24, 2.45) is 0 Å². The van der Waals surface area contributed by atoms with E-state index in [1.807, 2.05) is 12.1 Å². The van der Waals surface area contributed by atoms with Gasteiger partial charge < -0.3 is 4.74 Å². The summed E-state index contributed by atoms with van der Waals surface area (Å²) in [5, 5.41) is 0.00687. The molecule has 0 fully saturated rings. The molecule has 2 aromatic carbocycles. The molecule has 0 aliphatic heterocycles. The smallest absolute Gasteiger partial charge is 0.383 e. The van der Waals surface area contributed by atoms with Crippen molar-refractivity contribution in [2.75, 3.05) is 7.11 Å². The SMILES string of the molecule is COc1ccc(C=Cc2ccc3c(C4=C(F)C(F)(F)C(F)(F)C4(F)F)c(C)sc3c2)cc1. The lowest BCUT2D eigenvalue weighted by atomic mass is 9.97. The molecule has 0 unspecified atom stereocenters. The molecule has 3 aromatic rings. The van der Waals surface area contributed by atoms with E-state index in [-0.39, 0.29) is 10.3 Å². The third-order valence-corrected chi connectivity index (χ3v) is 6.39. The third kappa shape index (κ3) is 3.13. The molecule has 1 heterocycles. The minimum Gasteiger partial charge on any atom is -0.497 e. The molecule has 0 radical (unpaired) electrons. The van der Waals surface area contributed by atoms with Gasteiger partial charge in [0, 0.05) is 20.5 Å². The van der Waals surface area contributed by atoms with Crippen LogP contribution in [0.15, 0.2) is 48.3 Å². The molecule has 1 nitrogen and oxygen atoms in total. The number of alkyl halides is 6. The van der Waals surface area contributed by atoms with Crippen LogP contribution < -0.4 is 4.74 Å². The molecule has 1 aromatic heterocycles. The van der Waals surface area contributed by atoms with E-state index in [2.05, 4.69) is 0 Å². The summed E-state index contributed by atoms with van der Waals surface area (Å²) in [5.41, 5.74) is -1.05. The number of methoxy groups -OCH3 is 1. The fourth-order valence-corrected chi connectivity index (χ4v) is 4.73. The van der Waals surface area contributed by atoms with Gasteiger partial charge in [-0.2, -0.15) is 26.3 Å². The molecular weight excluding hydrogens is 457 g/mol. The lowest BCUT2D eigenvalue weighted by molar-refractivity contribution is -0.263. The first-order chi connectivity index (χ1) is 14.9. The Hall–Kier alpha value is -2.81. The van der Waals surface area contributed by atoms with Gasteiger partial charge in [0.2, 0.25) is 0 Å². The number of hydrogen-bond donors (Lipinski definition) is 0. The Morgan fingerprint density at radius 1 is 0.844 bits per heavy atom. The second-order valence-corrected chi connectivity index (χ2v) is 8.56. The van der Waals surface area contributed by atoms with Crippen LogP contribution in [0, 0.1) is 6.92 Å². The van der Waals surface area contributed by atoms with Crippen molar-refractivity contribution in [1.29, 1.82) is 0 Å². The standard InChI is InChI=1S/C23H15F7OS/c1-12-18(19-20(24)22(27,28)23(29,30)21(19,25)26)16-10-7-14(11-17(16)32-12)4-3-13-5-8-15(31-2)9-6-13/h3-11H,1-2H3. The zero-order valence-electron chi connectivity index (χ0n) is 16.7. The minimum atomic E-state index is -5.86. The summed E-state index contributed by atoms with van der Waals surface area (Å²) in [4.78, 5) is 0.0367. The Balaban J connectivity index is 1.77. The van der Waals surface area contributed by atoms with Crippen LogP contribution in [0.5, 0.6) is 5.75 Å². The van der Waals surface area contributed by atoms with Crippen LogP contribution in [0.1, 0.15) is 21.6 Å². The van der Waals surface area contributed by atoms with E-state index in [0.29, 0.717) is 16.0 Å². The summed E-state index contributed by atoms with van der Waals surface area (Å²) >= 11 is 0.935. The maximum atomic E-state index is 14.3. The Kier molecular flexibility index (Phi) is 5.15. The topological polar surface area (TPSA) is 9.23 Å². The number of fused-ring (bicyclic) bond motifs is 1. The number of allylic oxidation sites excluding steroid dienone is 2. The van der Waals surface area contributed by atoms with Crippen molar-refractivity contribution in [3.63, 3.8) is 0 Å². The van der Waals surface area contributed by atoms with Gasteiger partial charge in [-0.1, -0.05) is 36.4 Å². The van der Waals surface area contributed by atoms with Gasteiger partial charge in [0.05, 0.1) is 12.7 Å². The molecular formula is C23H15F7OS. The highest BCUT2D eigenvalue weighted by atomic mass is 32.1. The van der Waals surface area contributed by atoms with Gasteiger partial charge in [0.1, 0.15) is 5.75 Å². The Bertz CT molecular complexity index is 1250. The zero-order valence-corrected chi connectivity index (χ0v) is 17.5. The average molecular weight is 472 g/mol. The van der Waals surface area contributed by atoms with Crippen molar-refractivity contribution < 1.29 is 35.5 Å². The number of halogens is 7. The number of thiophene rings is 1. The number of hydrogen-bond acceptors (Lipinski definition) is 2. The normalized spacial score (nSPS) is 19.3. The molecule has 0 amide bonds. The Morgan fingerprint density at radius 3 is 2.00 bits per heavy atom. The second kappa shape index (κ2) is 7.37. The fraction of sp³-hybridized carbons (Fsp3) is 0.217. The van der Waals surface area contributed by atoms with Crippen LogP contribution in [0.2, 0.25) is 0 Å². The van der Waals surface area contributed by atoms with E-state index in [1.54, 1.807) is 37.5 Å². The first kappa shape index (κ1) is 22.4. The summed E-state index contributed by atoms with van der Waals surface area (Å²) in [6.45, 7) is 1.30. The van der Waals surface area contributed by atoms with Gasteiger partial charge in [-0.05, 0) is 36.2 Å². The van der Waals surface area contributed by atoms with E-state index in [0.717, 1.165) is 16.9 Å². The number of ether oxygens (including phenoxy) is 1. The minimum absolute atomic E-state index is 0.00687. The maximum Gasteiger partial charge on any atom is 0.383 e. The second-order valence-electron chi connectivity index (χ2n) is 7.31. The average Bonchev–Trinajstić information content (AvgIpc) is 3.10. The van der Waals surface area contributed by atoms with Crippen LogP contribution in [-0.4, -0.2) is 24.9 Å². The van der Waals surface area contributed by atoms with Crippen LogP contribution in [0.4, 0.5) is 30.7 Å². The molecule has 0 atom stereocenters. The van der Waals surface area contributed by atoms with Crippen LogP contribution >= 0.6 is 11.3 Å². The molecule has 0 bridgehead atoms. The summed E-state index contributed by atoms with van der Waals surface area (Å²) in [5.74, 6) is -18.9. The van der Waals surface area contributed by atoms with E-state index < -0.39 is 34.7 Å². The van der Waals surface area contributed by atoms with Gasteiger partial charge in [-0.3, -0.25) is 0 Å². The zero-order chi connectivity index (χ0) is 23.5. The number of aryl methyl sites for hydroxylation is 1. The quantitative estimate of drug-likeness (QED) is 0.276. The van der Waals surface area contributed by atoms with Crippen molar-refractivity contribution >= 4 is 39.1 Å². The lowest BCUT2D eigenvalue weighted by Gasteiger charge is -2.24. The molecule has 0 spiro atoms. The molecule has 1 aliphatic rings. The van der Waals surface area contributed by atoms with Crippen molar-refractivity contribution in [1.82, 2.24) is 0 Å². The molecule has 0 N–H and O–H groups in total. The molecule has 168 valence electrons. The molecule has 32 heavy (non-hydrogen) atoms. The summed E-state index contributed by atoms with van der Waals surface area (Å²) in [6, 6.07) is 11.6. The van der Waals surface area contributed by atoms with E-state index in [9.17, 15) is 30.7 Å². The monoisotopic (exact) mass is 472 g/mol. The van der Waals surface area contributed by atoms with Crippen LogP contribution in [0.25, 0.3) is 27.8 Å². The maximum absolute atomic E-state index is 14.3. The van der Waals surface area contributed by atoms with E-state index in [4.69, 9.17) is 4.74 Å². The third-order valence-electron chi connectivity index (χ3n) is 5.32. The molecule has 4 rings (SSSR count). The molecule has 0 saturated carbocycles. The van der Waals surface area contributed by atoms with Crippen molar-refractivity contribution in [3.05, 3.63) is 69.9 Å². The van der Waals surface area contributed by atoms with Crippen molar-refractivity contribution in [2.45, 2.75) is 24.7 Å². The lowest BCUT2D eigenvalue weighted by Crippen LogP contribution is -2.48. The van der Waals surface area contributed by atoms with E-state index >= 15 is 0 Å². The summed E-state index contributed by atoms with van der Waals surface area (Å²) in [7, 11) is 1.54. The van der Waals surface area contributed by atoms with Crippen molar-refractivity contribution in [3.8, 4) is 5.75 Å². The summed E-state index contributed by atoms with van der Waals surface area (Å²) in [6.07, 6.45) is 3.53. The highest BCUT2D eigenvalue weighted by molar-refractivity contribution is 7.19. The number of rotatable bonds is 4. The van der Waals surface area contributed by atoms with Crippen LogP contribution in [-0.2, 0) is 0 Å². The molecule has 0 saturated heterocycles. The molecule has 9 heteroatoms. The number of benzene rings is 2. The van der Waals surface area contributed by atoms with Gasteiger partial charge in [0.25, 0.3) is 0 Å². The summed E-state index contributed by atoms with van der Waals surface area (Å²) < 4.78 is 103. The Labute approximate surface area is 182 Å². The highest BCUT2D eigenvalue weighted by Crippen LogP contribution is 2.63. The van der Waals surface area contributed by atoms with Gasteiger partial charge in [0.15, 0.2) is 5.83 Å². The predicted molar refractivity (Wildman–Crippen MR) is 111 cm³/mol. The van der Waals surface area contributed by atoms with Crippen LogP contribution in [0.3, 0.4) is 0 Å². The first-order valence-corrected chi connectivity index (χ1v) is 10.1. The van der Waals surface area contributed by atoms with E-state index in [1.165, 1.54) is 19.1 Å². The predicted octanol–water partition coefficient (Wildman–Crippen LogP) is 7.99. The fourth-order valence-electron chi connectivity index (χ4n) is 3.61. The largest absolute Gasteiger partial charge is 0.497 e. The van der Waals surface area contributed by atoms with Gasteiger partial charge in [-0.25, -0.2) is 4.39 Å². The first-order valence-electron chi connectivity index (χ1n) is 9.31. The molecule has 1 aliphatic carbocycles. The van der Waals surface area contributed by atoms with Gasteiger partial charge in [-0.15, -0.1) is 11.3 Å². The Morgan fingerprint density at radius 2 is 1.44 bits per heavy atom.